The molecule has 35 heavy (non-hydrogen) atoms. The van der Waals surface area contributed by atoms with Gasteiger partial charge in [0.05, 0.1) is 5.92 Å². The van der Waals surface area contributed by atoms with Crippen LogP contribution >= 0.6 is 0 Å². The van der Waals surface area contributed by atoms with Crippen molar-refractivity contribution in [3.8, 4) is 11.1 Å². The lowest BCUT2D eigenvalue weighted by Crippen LogP contribution is -2.39. The molecule has 0 fully saturated rings. The predicted molar refractivity (Wildman–Crippen MR) is 135 cm³/mol. The van der Waals surface area contributed by atoms with Crippen molar-refractivity contribution in [2.75, 3.05) is 19.7 Å². The number of carboxylic acid groups (broad SMARTS) is 1. The van der Waals surface area contributed by atoms with Crippen LogP contribution in [0.25, 0.3) is 11.1 Å². The Bertz CT molecular complexity index is 1000. The Morgan fingerprint density at radius 2 is 1.43 bits per heavy atom. The molecular formula is C28H36N2O5. The zero-order valence-electron chi connectivity index (χ0n) is 20.9. The van der Waals surface area contributed by atoms with E-state index in [2.05, 4.69) is 34.9 Å². The van der Waals surface area contributed by atoms with Crippen LogP contribution < -0.4 is 10.6 Å². The van der Waals surface area contributed by atoms with Crippen LogP contribution in [-0.4, -0.2) is 42.8 Å². The van der Waals surface area contributed by atoms with Crippen molar-refractivity contribution in [2.45, 2.75) is 40.0 Å². The van der Waals surface area contributed by atoms with Gasteiger partial charge in [-0.3, -0.25) is 9.59 Å². The van der Waals surface area contributed by atoms with E-state index < -0.39 is 18.0 Å². The second-order valence-electron chi connectivity index (χ2n) is 9.91. The summed E-state index contributed by atoms with van der Waals surface area (Å²) in [4.78, 5) is 36.3. The maximum absolute atomic E-state index is 12.5. The third kappa shape index (κ3) is 6.62. The average molecular weight is 481 g/mol. The van der Waals surface area contributed by atoms with E-state index in [0.717, 1.165) is 11.1 Å². The Hall–Kier alpha value is -3.35. The molecule has 0 heterocycles. The molecule has 2 atom stereocenters. The molecule has 2 aromatic carbocycles. The van der Waals surface area contributed by atoms with E-state index in [9.17, 15) is 19.5 Å². The first-order valence-electron chi connectivity index (χ1n) is 12.3. The van der Waals surface area contributed by atoms with Crippen LogP contribution in [0.2, 0.25) is 0 Å². The summed E-state index contributed by atoms with van der Waals surface area (Å²) in [7, 11) is 0. The highest BCUT2D eigenvalue weighted by Crippen LogP contribution is 2.44. The number of amides is 2. The molecule has 0 saturated heterocycles. The van der Waals surface area contributed by atoms with E-state index in [4.69, 9.17) is 4.74 Å². The smallest absolute Gasteiger partial charge is 0.407 e. The van der Waals surface area contributed by atoms with Gasteiger partial charge < -0.3 is 20.5 Å². The number of benzene rings is 2. The molecule has 2 amide bonds. The van der Waals surface area contributed by atoms with Crippen LogP contribution in [0.15, 0.2) is 48.5 Å². The number of ether oxygens (including phenoxy) is 1. The molecule has 2 aromatic rings. The minimum absolute atomic E-state index is 0.0111. The van der Waals surface area contributed by atoms with Crippen molar-refractivity contribution in [1.82, 2.24) is 10.6 Å². The standard InChI is InChI=1S/C28H36N2O5/c1-17(2)19(13-26(31)29-15-24(18(3)4)27(32)33)14-30-28(34)35-16-25-22-11-7-5-9-20(22)21-10-6-8-12-23(21)25/h5-12,17-19,24-25H,13-16H2,1-4H3,(H,29,31)(H,30,34)(H,32,33). The van der Waals surface area contributed by atoms with Crippen LogP contribution in [0.4, 0.5) is 4.79 Å². The van der Waals surface area contributed by atoms with Gasteiger partial charge >= 0.3 is 12.1 Å². The van der Waals surface area contributed by atoms with Crippen molar-refractivity contribution in [2.24, 2.45) is 23.7 Å². The lowest BCUT2D eigenvalue weighted by atomic mass is 9.91. The molecule has 0 spiro atoms. The van der Waals surface area contributed by atoms with Crippen LogP contribution in [0.1, 0.15) is 51.2 Å². The lowest BCUT2D eigenvalue weighted by Gasteiger charge is -2.22. The van der Waals surface area contributed by atoms with Gasteiger partial charge in [0.1, 0.15) is 6.61 Å². The van der Waals surface area contributed by atoms with Gasteiger partial charge in [0.2, 0.25) is 5.91 Å². The summed E-state index contributed by atoms with van der Waals surface area (Å²) in [6, 6.07) is 16.3. The summed E-state index contributed by atoms with van der Waals surface area (Å²) in [5.41, 5.74) is 4.65. The molecule has 3 N–H and O–H groups in total. The summed E-state index contributed by atoms with van der Waals surface area (Å²) in [5, 5.41) is 14.8. The van der Waals surface area contributed by atoms with Gasteiger partial charge in [-0.15, -0.1) is 0 Å². The second kappa shape index (κ2) is 11.9. The van der Waals surface area contributed by atoms with Gasteiger partial charge in [0.15, 0.2) is 0 Å². The zero-order chi connectivity index (χ0) is 25.5. The van der Waals surface area contributed by atoms with E-state index in [1.54, 1.807) is 0 Å². The number of carbonyl (C=O) groups excluding carboxylic acids is 2. The van der Waals surface area contributed by atoms with E-state index in [-0.39, 0.29) is 49.2 Å². The molecule has 1 aliphatic carbocycles. The van der Waals surface area contributed by atoms with Crippen LogP contribution in [-0.2, 0) is 14.3 Å². The SMILES string of the molecule is CC(C)C(CNC(=O)OCC1c2ccccc2-c2ccccc21)CC(=O)NCC(C(=O)O)C(C)C. The number of rotatable bonds is 11. The second-order valence-corrected chi connectivity index (χ2v) is 9.91. The highest BCUT2D eigenvalue weighted by molar-refractivity contribution is 5.79. The molecule has 1 aliphatic rings. The molecule has 7 heteroatoms. The Labute approximate surface area is 207 Å². The summed E-state index contributed by atoms with van der Waals surface area (Å²) in [5.74, 6) is -1.81. The number of carboxylic acids is 1. The first kappa shape index (κ1) is 26.3. The van der Waals surface area contributed by atoms with Gasteiger partial charge in [0.25, 0.3) is 0 Å². The van der Waals surface area contributed by atoms with E-state index >= 15 is 0 Å². The van der Waals surface area contributed by atoms with E-state index in [0.29, 0.717) is 6.54 Å². The monoisotopic (exact) mass is 480 g/mol. The fourth-order valence-electron chi connectivity index (χ4n) is 4.55. The quantitative estimate of drug-likeness (QED) is 0.434. The van der Waals surface area contributed by atoms with Crippen molar-refractivity contribution in [3.63, 3.8) is 0 Å². The number of alkyl carbamates (subject to hydrolysis) is 1. The summed E-state index contributed by atoms with van der Waals surface area (Å²) >= 11 is 0. The fraction of sp³-hybridized carbons (Fsp3) is 0.464. The first-order valence-corrected chi connectivity index (χ1v) is 12.3. The molecular weight excluding hydrogens is 444 g/mol. The Morgan fingerprint density at radius 1 is 0.857 bits per heavy atom. The maximum atomic E-state index is 12.5. The molecule has 2 unspecified atom stereocenters. The van der Waals surface area contributed by atoms with Gasteiger partial charge in [-0.05, 0) is 40.0 Å². The molecule has 3 rings (SSSR count). The van der Waals surface area contributed by atoms with Crippen LogP contribution in [0.5, 0.6) is 0 Å². The number of hydrogen-bond acceptors (Lipinski definition) is 4. The minimum atomic E-state index is -0.919. The number of hydrogen-bond donors (Lipinski definition) is 3. The van der Waals surface area contributed by atoms with Gasteiger partial charge in [-0.2, -0.15) is 0 Å². The zero-order valence-corrected chi connectivity index (χ0v) is 20.9. The number of nitrogens with one attached hydrogen (secondary N) is 2. The Kier molecular flexibility index (Phi) is 8.90. The third-order valence-electron chi connectivity index (χ3n) is 6.88. The highest BCUT2D eigenvalue weighted by Gasteiger charge is 2.29. The molecule has 0 bridgehead atoms. The van der Waals surface area contributed by atoms with Gasteiger partial charge in [-0.25, -0.2) is 4.79 Å². The topological polar surface area (TPSA) is 105 Å². The normalized spacial score (nSPS) is 14.2. The lowest BCUT2D eigenvalue weighted by molar-refractivity contribution is -0.143. The summed E-state index contributed by atoms with van der Waals surface area (Å²) in [6.45, 7) is 8.25. The molecule has 0 aromatic heterocycles. The molecule has 0 radical (unpaired) electrons. The highest BCUT2D eigenvalue weighted by atomic mass is 16.5. The summed E-state index contributed by atoms with van der Waals surface area (Å²) in [6.07, 6.45) is -0.310. The molecule has 0 saturated carbocycles. The third-order valence-corrected chi connectivity index (χ3v) is 6.88. The predicted octanol–water partition coefficient (Wildman–Crippen LogP) is 4.66. The van der Waals surface area contributed by atoms with E-state index in [1.165, 1.54) is 11.1 Å². The first-order chi connectivity index (χ1) is 16.7. The minimum Gasteiger partial charge on any atom is -0.481 e. The average Bonchev–Trinajstić information content (AvgIpc) is 3.13. The Morgan fingerprint density at radius 3 is 1.94 bits per heavy atom. The molecule has 188 valence electrons. The van der Waals surface area contributed by atoms with Crippen molar-refractivity contribution in [3.05, 3.63) is 59.7 Å². The van der Waals surface area contributed by atoms with Crippen molar-refractivity contribution in [1.29, 1.82) is 0 Å². The largest absolute Gasteiger partial charge is 0.481 e. The van der Waals surface area contributed by atoms with Crippen molar-refractivity contribution < 1.29 is 24.2 Å². The number of aliphatic carboxylic acids is 1. The van der Waals surface area contributed by atoms with Crippen LogP contribution in [0, 0.1) is 23.7 Å². The molecule has 0 aliphatic heterocycles. The fourth-order valence-corrected chi connectivity index (χ4v) is 4.55. The molecule has 7 nitrogen and oxygen atoms in total. The van der Waals surface area contributed by atoms with Crippen molar-refractivity contribution >= 4 is 18.0 Å². The summed E-state index contributed by atoms with van der Waals surface area (Å²) < 4.78 is 5.59. The number of carbonyl (C=O) groups is 3. The number of fused-ring (bicyclic) bond motifs is 3. The van der Waals surface area contributed by atoms with E-state index in [1.807, 2.05) is 52.0 Å². The van der Waals surface area contributed by atoms with Crippen LogP contribution in [0.3, 0.4) is 0 Å². The Balaban J connectivity index is 1.51. The van der Waals surface area contributed by atoms with Gasteiger partial charge in [0, 0.05) is 25.4 Å². The van der Waals surface area contributed by atoms with Gasteiger partial charge in [-0.1, -0.05) is 76.2 Å². The maximum Gasteiger partial charge on any atom is 0.407 e.